The van der Waals surface area contributed by atoms with Crippen LogP contribution in [0.5, 0.6) is 0 Å². The van der Waals surface area contributed by atoms with Crippen LogP contribution >= 0.6 is 0 Å². The van der Waals surface area contributed by atoms with Crippen LogP contribution in [0.1, 0.15) is 11.3 Å². The van der Waals surface area contributed by atoms with E-state index in [0.29, 0.717) is 0 Å². The van der Waals surface area contributed by atoms with Gasteiger partial charge in [0.1, 0.15) is 0 Å². The molecule has 2 heterocycles. The molecule has 0 fully saturated rings. The van der Waals surface area contributed by atoms with Gasteiger partial charge < -0.3 is 9.88 Å². The molecule has 0 saturated carbocycles. The summed E-state index contributed by atoms with van der Waals surface area (Å²) in [7, 11) is 2.08. The fourth-order valence-corrected chi connectivity index (χ4v) is 2.46. The Labute approximate surface area is 93.7 Å². The Bertz CT molecular complexity index is 600. The Hall–Kier alpha value is -1.61. The van der Waals surface area contributed by atoms with Gasteiger partial charge in [-0.3, -0.25) is 4.79 Å². The topological polar surface area (TPSA) is 36.1 Å². The van der Waals surface area contributed by atoms with Gasteiger partial charge in [0.15, 0.2) is 0 Å². The van der Waals surface area contributed by atoms with Crippen molar-refractivity contribution in [2.45, 2.75) is 13.0 Å². The molecule has 0 aliphatic carbocycles. The predicted octanol–water partition coefficient (Wildman–Crippen LogP) is 1.52. The number of nitrogens with zero attached hydrogens (tertiary/aromatic N) is 1. The lowest BCUT2D eigenvalue weighted by atomic mass is 9.98. The third-order valence-electron chi connectivity index (χ3n) is 3.30. The first-order valence-electron chi connectivity index (χ1n) is 5.57. The van der Waals surface area contributed by atoms with E-state index in [1.807, 2.05) is 18.2 Å². The molecule has 1 aromatic heterocycles. The molecule has 16 heavy (non-hydrogen) atoms. The zero-order valence-corrected chi connectivity index (χ0v) is 9.29. The highest BCUT2D eigenvalue weighted by molar-refractivity contribution is 5.85. The molecule has 0 unspecified atom stereocenters. The summed E-state index contributed by atoms with van der Waals surface area (Å²) in [6.07, 6.45) is 1.02. The van der Waals surface area contributed by atoms with E-state index in [0.717, 1.165) is 36.0 Å². The molecule has 0 saturated heterocycles. The molecule has 1 aliphatic rings. The van der Waals surface area contributed by atoms with Crippen molar-refractivity contribution in [3.63, 3.8) is 0 Å². The average molecular weight is 214 g/mol. The highest BCUT2D eigenvalue weighted by atomic mass is 16.1. The summed E-state index contributed by atoms with van der Waals surface area (Å²) in [4.78, 5) is 17.1. The molecule has 2 aromatic rings. The molecule has 3 nitrogen and oxygen atoms in total. The smallest absolute Gasteiger partial charge is 0.256 e. The molecule has 0 radical (unpaired) electrons. The van der Waals surface area contributed by atoms with Gasteiger partial charge in [-0.05, 0) is 30.5 Å². The number of hydrogen-bond acceptors (Lipinski definition) is 2. The summed E-state index contributed by atoms with van der Waals surface area (Å²) >= 11 is 0. The monoisotopic (exact) mass is 214 g/mol. The van der Waals surface area contributed by atoms with E-state index < -0.39 is 0 Å². The normalized spacial score (nSPS) is 16.3. The number of nitrogens with one attached hydrogen (secondary N) is 1. The average Bonchev–Trinajstić information content (AvgIpc) is 2.29. The molecule has 0 atom stereocenters. The minimum Gasteiger partial charge on any atom is -0.324 e. The number of benzene rings is 1. The molecule has 1 N–H and O–H groups in total. The lowest BCUT2D eigenvalue weighted by Gasteiger charge is -2.25. The van der Waals surface area contributed by atoms with Crippen LogP contribution in [0.4, 0.5) is 0 Å². The van der Waals surface area contributed by atoms with Gasteiger partial charge in [0.25, 0.3) is 5.56 Å². The SMILES string of the molecule is CN1CCc2c([nH]c(=O)c3ccccc23)C1. The summed E-state index contributed by atoms with van der Waals surface area (Å²) in [5.74, 6) is 0. The van der Waals surface area contributed by atoms with Gasteiger partial charge in [-0.25, -0.2) is 0 Å². The predicted molar refractivity (Wildman–Crippen MR) is 64.6 cm³/mol. The van der Waals surface area contributed by atoms with Crippen molar-refractivity contribution in [1.29, 1.82) is 0 Å². The van der Waals surface area contributed by atoms with E-state index in [2.05, 4.69) is 23.0 Å². The van der Waals surface area contributed by atoms with Crippen LogP contribution in [0.2, 0.25) is 0 Å². The van der Waals surface area contributed by atoms with E-state index in [1.54, 1.807) is 0 Å². The molecule has 3 rings (SSSR count). The van der Waals surface area contributed by atoms with Crippen molar-refractivity contribution in [3.8, 4) is 0 Å². The molecule has 1 aliphatic heterocycles. The maximum atomic E-state index is 11.9. The third kappa shape index (κ3) is 1.36. The second kappa shape index (κ2) is 3.46. The van der Waals surface area contributed by atoms with Crippen molar-refractivity contribution in [1.82, 2.24) is 9.88 Å². The van der Waals surface area contributed by atoms with E-state index in [1.165, 1.54) is 5.56 Å². The molecule has 0 spiro atoms. The van der Waals surface area contributed by atoms with Gasteiger partial charge in [0, 0.05) is 24.2 Å². The highest BCUT2D eigenvalue weighted by Crippen LogP contribution is 2.22. The molecule has 82 valence electrons. The molecule has 3 heteroatoms. The number of pyridine rings is 1. The van der Waals surface area contributed by atoms with Crippen LogP contribution in [-0.4, -0.2) is 23.5 Å². The maximum absolute atomic E-state index is 11.9. The molecule has 1 aromatic carbocycles. The van der Waals surface area contributed by atoms with Crippen molar-refractivity contribution >= 4 is 10.8 Å². The zero-order chi connectivity index (χ0) is 11.1. The van der Waals surface area contributed by atoms with E-state index in [9.17, 15) is 4.79 Å². The zero-order valence-electron chi connectivity index (χ0n) is 9.29. The van der Waals surface area contributed by atoms with Crippen LogP contribution in [0, 0.1) is 0 Å². The van der Waals surface area contributed by atoms with Gasteiger partial charge in [-0.15, -0.1) is 0 Å². The van der Waals surface area contributed by atoms with Crippen LogP contribution in [-0.2, 0) is 13.0 Å². The quantitative estimate of drug-likeness (QED) is 0.721. The van der Waals surface area contributed by atoms with Crippen molar-refractivity contribution in [2.75, 3.05) is 13.6 Å². The third-order valence-corrected chi connectivity index (χ3v) is 3.30. The van der Waals surface area contributed by atoms with Gasteiger partial charge in [-0.1, -0.05) is 18.2 Å². The number of aromatic amines is 1. The van der Waals surface area contributed by atoms with Crippen LogP contribution in [0.25, 0.3) is 10.8 Å². The number of hydrogen-bond donors (Lipinski definition) is 1. The summed E-state index contributed by atoms with van der Waals surface area (Å²) < 4.78 is 0. The summed E-state index contributed by atoms with van der Waals surface area (Å²) in [6, 6.07) is 7.86. The lowest BCUT2D eigenvalue weighted by Crippen LogP contribution is -2.29. The minimum absolute atomic E-state index is 0.0321. The largest absolute Gasteiger partial charge is 0.324 e. The first kappa shape index (κ1) is 9.60. The highest BCUT2D eigenvalue weighted by Gasteiger charge is 2.17. The number of fused-ring (bicyclic) bond motifs is 3. The summed E-state index contributed by atoms with van der Waals surface area (Å²) in [6.45, 7) is 1.90. The van der Waals surface area contributed by atoms with Gasteiger partial charge >= 0.3 is 0 Å². The molecule has 0 bridgehead atoms. The van der Waals surface area contributed by atoms with Gasteiger partial charge in [0.2, 0.25) is 0 Å². The van der Waals surface area contributed by atoms with Crippen molar-refractivity contribution in [2.24, 2.45) is 0 Å². The lowest BCUT2D eigenvalue weighted by molar-refractivity contribution is 0.308. The van der Waals surface area contributed by atoms with Crippen molar-refractivity contribution < 1.29 is 0 Å². The fourth-order valence-electron chi connectivity index (χ4n) is 2.46. The van der Waals surface area contributed by atoms with Crippen LogP contribution < -0.4 is 5.56 Å². The maximum Gasteiger partial charge on any atom is 0.256 e. The first-order chi connectivity index (χ1) is 7.75. The Morgan fingerprint density at radius 2 is 2.00 bits per heavy atom. The van der Waals surface area contributed by atoms with Gasteiger partial charge in [0.05, 0.1) is 0 Å². The van der Waals surface area contributed by atoms with E-state index in [4.69, 9.17) is 0 Å². The Kier molecular flexibility index (Phi) is 2.07. The van der Waals surface area contributed by atoms with Crippen LogP contribution in [0.15, 0.2) is 29.1 Å². The Morgan fingerprint density at radius 1 is 1.25 bits per heavy atom. The number of rotatable bonds is 0. The Balaban J connectivity index is 2.36. The molecular formula is C13H14N2O. The Morgan fingerprint density at radius 3 is 2.81 bits per heavy atom. The second-order valence-corrected chi connectivity index (χ2v) is 4.44. The standard InChI is InChI=1S/C13H14N2O/c1-15-7-6-10-9-4-2-3-5-11(9)13(16)14-12(10)8-15/h2-5H,6-8H2,1H3,(H,14,16). The fraction of sp³-hybridized carbons (Fsp3) is 0.308. The van der Waals surface area contributed by atoms with Gasteiger partial charge in [-0.2, -0.15) is 0 Å². The number of H-pyrrole nitrogens is 1. The summed E-state index contributed by atoms with van der Waals surface area (Å²) in [5, 5.41) is 1.93. The second-order valence-electron chi connectivity index (χ2n) is 4.44. The number of likely N-dealkylation sites (N-methyl/N-ethyl adjacent to an activating group) is 1. The first-order valence-corrected chi connectivity index (χ1v) is 5.57. The van der Waals surface area contributed by atoms with E-state index >= 15 is 0 Å². The minimum atomic E-state index is 0.0321. The summed E-state index contributed by atoms with van der Waals surface area (Å²) in [5.41, 5.74) is 2.43. The molecule has 0 amide bonds. The van der Waals surface area contributed by atoms with E-state index in [-0.39, 0.29) is 5.56 Å². The molecular weight excluding hydrogens is 200 g/mol. The van der Waals surface area contributed by atoms with Crippen molar-refractivity contribution in [3.05, 3.63) is 45.9 Å². The number of aromatic nitrogens is 1. The van der Waals surface area contributed by atoms with Crippen LogP contribution in [0.3, 0.4) is 0 Å².